The Morgan fingerprint density at radius 3 is 2.70 bits per heavy atom. The molecule has 1 aliphatic rings. The minimum Gasteiger partial charge on any atom is -0.494 e. The summed E-state index contributed by atoms with van der Waals surface area (Å²) < 4.78 is 11.5. The van der Waals surface area contributed by atoms with Crippen LogP contribution >= 0.6 is 0 Å². The SMILES string of the molecule is CNc1cc(OCCCC2CCN(c3nc(C(C)C)no3)CC2)ccc1-c1cccc(N)n1. The van der Waals surface area contributed by atoms with Gasteiger partial charge in [-0.1, -0.05) is 25.1 Å². The molecule has 3 aromatic rings. The standard InChI is InChI=1S/C25H34N6O2/c1-17(2)24-29-25(33-30-24)31-13-11-18(12-14-31)6-5-15-32-19-9-10-20(22(16-19)27-3)21-7-4-8-23(26)28-21/h4,7-10,16-18,27H,5-6,11-15H2,1-3H3,(H2,26,28). The van der Waals surface area contributed by atoms with E-state index in [9.17, 15) is 0 Å². The summed E-state index contributed by atoms with van der Waals surface area (Å²) in [4.78, 5) is 11.2. The number of aromatic nitrogens is 3. The van der Waals surface area contributed by atoms with E-state index in [4.69, 9.17) is 15.0 Å². The first kappa shape index (κ1) is 22.9. The maximum Gasteiger partial charge on any atom is 0.324 e. The summed E-state index contributed by atoms with van der Waals surface area (Å²) in [5, 5.41) is 7.32. The molecule has 1 fully saturated rings. The Kier molecular flexibility index (Phi) is 7.32. The Morgan fingerprint density at radius 2 is 2.00 bits per heavy atom. The van der Waals surface area contributed by atoms with Gasteiger partial charge in [0.1, 0.15) is 11.6 Å². The molecule has 33 heavy (non-hydrogen) atoms. The Bertz CT molecular complexity index is 1040. The molecular weight excluding hydrogens is 416 g/mol. The fourth-order valence-corrected chi connectivity index (χ4v) is 4.21. The minimum atomic E-state index is 0.286. The van der Waals surface area contributed by atoms with Crippen molar-refractivity contribution in [1.82, 2.24) is 15.1 Å². The number of nitrogens with one attached hydrogen (secondary N) is 1. The Morgan fingerprint density at radius 1 is 1.18 bits per heavy atom. The van der Waals surface area contributed by atoms with Crippen molar-refractivity contribution in [3.05, 3.63) is 42.2 Å². The zero-order valence-electron chi connectivity index (χ0n) is 19.8. The van der Waals surface area contributed by atoms with Crippen molar-refractivity contribution >= 4 is 17.5 Å². The molecule has 1 aliphatic heterocycles. The molecule has 8 heteroatoms. The highest BCUT2D eigenvalue weighted by Gasteiger charge is 2.23. The second kappa shape index (κ2) is 10.6. The normalized spacial score (nSPS) is 14.6. The van der Waals surface area contributed by atoms with Crippen LogP contribution in [0.3, 0.4) is 0 Å². The largest absolute Gasteiger partial charge is 0.494 e. The summed E-state index contributed by atoms with van der Waals surface area (Å²) in [6.45, 7) is 6.80. The number of benzene rings is 1. The third-order valence-electron chi connectivity index (χ3n) is 6.16. The van der Waals surface area contributed by atoms with Gasteiger partial charge in [-0.25, -0.2) is 4.98 Å². The zero-order chi connectivity index (χ0) is 23.2. The van der Waals surface area contributed by atoms with Crippen LogP contribution in [-0.4, -0.2) is 41.9 Å². The van der Waals surface area contributed by atoms with Gasteiger partial charge in [0.2, 0.25) is 0 Å². The molecular formula is C25H34N6O2. The summed E-state index contributed by atoms with van der Waals surface area (Å²) in [6.07, 6.45) is 4.49. The monoisotopic (exact) mass is 450 g/mol. The maximum atomic E-state index is 6.04. The molecule has 0 spiro atoms. The fraction of sp³-hybridized carbons (Fsp3) is 0.480. The van der Waals surface area contributed by atoms with Gasteiger partial charge >= 0.3 is 6.01 Å². The van der Waals surface area contributed by atoms with Crippen molar-refractivity contribution in [1.29, 1.82) is 0 Å². The summed E-state index contributed by atoms with van der Waals surface area (Å²) in [6, 6.07) is 12.4. The summed E-state index contributed by atoms with van der Waals surface area (Å²) in [5.74, 6) is 3.15. The predicted octanol–water partition coefficient (Wildman–Crippen LogP) is 4.95. The van der Waals surface area contributed by atoms with E-state index in [0.717, 1.165) is 60.9 Å². The number of nitrogens with two attached hydrogens (primary N) is 1. The van der Waals surface area contributed by atoms with E-state index in [2.05, 4.69) is 39.2 Å². The molecule has 0 radical (unpaired) electrons. The van der Waals surface area contributed by atoms with E-state index in [0.29, 0.717) is 24.4 Å². The van der Waals surface area contributed by atoms with E-state index in [1.54, 1.807) is 6.07 Å². The Labute approximate surface area is 195 Å². The lowest BCUT2D eigenvalue weighted by Gasteiger charge is -2.30. The van der Waals surface area contributed by atoms with Gasteiger partial charge in [0, 0.05) is 43.4 Å². The Balaban J connectivity index is 1.22. The molecule has 1 saturated heterocycles. The van der Waals surface area contributed by atoms with Crippen LogP contribution < -0.4 is 20.7 Å². The number of ether oxygens (including phenoxy) is 1. The van der Waals surface area contributed by atoms with Crippen LogP contribution in [0.15, 0.2) is 40.9 Å². The second-order valence-electron chi connectivity index (χ2n) is 8.92. The number of piperidine rings is 1. The van der Waals surface area contributed by atoms with Crippen molar-refractivity contribution in [2.45, 2.75) is 45.4 Å². The lowest BCUT2D eigenvalue weighted by Crippen LogP contribution is -2.34. The van der Waals surface area contributed by atoms with E-state index in [1.807, 2.05) is 37.4 Å². The van der Waals surface area contributed by atoms with Crippen LogP contribution in [0.5, 0.6) is 5.75 Å². The van der Waals surface area contributed by atoms with Crippen LogP contribution in [0.4, 0.5) is 17.5 Å². The molecule has 0 aliphatic carbocycles. The lowest BCUT2D eigenvalue weighted by atomic mass is 9.92. The third kappa shape index (κ3) is 5.74. The molecule has 176 valence electrons. The number of nitrogen functional groups attached to an aromatic ring is 1. The van der Waals surface area contributed by atoms with Crippen LogP contribution in [0, 0.1) is 5.92 Å². The molecule has 4 rings (SSSR count). The van der Waals surface area contributed by atoms with Crippen molar-refractivity contribution in [3.63, 3.8) is 0 Å². The smallest absolute Gasteiger partial charge is 0.324 e. The van der Waals surface area contributed by atoms with E-state index in [-0.39, 0.29) is 5.92 Å². The van der Waals surface area contributed by atoms with Crippen molar-refractivity contribution < 1.29 is 9.26 Å². The van der Waals surface area contributed by atoms with Gasteiger partial charge in [0.25, 0.3) is 0 Å². The summed E-state index contributed by atoms with van der Waals surface area (Å²) >= 11 is 0. The number of rotatable bonds is 9. The molecule has 3 heterocycles. The van der Waals surface area contributed by atoms with E-state index in [1.165, 1.54) is 6.42 Å². The molecule has 3 N–H and O–H groups in total. The highest BCUT2D eigenvalue weighted by atomic mass is 16.5. The highest BCUT2D eigenvalue weighted by Crippen LogP contribution is 2.31. The fourth-order valence-electron chi connectivity index (χ4n) is 4.21. The first-order valence-electron chi connectivity index (χ1n) is 11.8. The van der Waals surface area contributed by atoms with Crippen LogP contribution in [-0.2, 0) is 0 Å². The number of hydrogen-bond donors (Lipinski definition) is 2. The van der Waals surface area contributed by atoms with Crippen molar-refractivity contribution in [2.24, 2.45) is 5.92 Å². The average molecular weight is 451 g/mol. The van der Waals surface area contributed by atoms with Gasteiger partial charge in [-0.2, -0.15) is 4.98 Å². The topological polar surface area (TPSA) is 102 Å². The third-order valence-corrected chi connectivity index (χ3v) is 6.16. The molecule has 0 unspecified atom stereocenters. The number of pyridine rings is 1. The second-order valence-corrected chi connectivity index (χ2v) is 8.92. The summed E-state index contributed by atoms with van der Waals surface area (Å²) in [7, 11) is 1.90. The molecule has 0 atom stereocenters. The van der Waals surface area contributed by atoms with Gasteiger partial charge < -0.3 is 25.2 Å². The average Bonchev–Trinajstić information content (AvgIpc) is 3.33. The number of hydrogen-bond acceptors (Lipinski definition) is 8. The van der Waals surface area contributed by atoms with Gasteiger partial charge in [-0.3, -0.25) is 0 Å². The number of anilines is 3. The van der Waals surface area contributed by atoms with Gasteiger partial charge in [0.05, 0.1) is 12.3 Å². The first-order chi connectivity index (χ1) is 16.0. The van der Waals surface area contributed by atoms with Crippen LogP contribution in [0.2, 0.25) is 0 Å². The molecule has 1 aromatic carbocycles. The van der Waals surface area contributed by atoms with Crippen molar-refractivity contribution in [3.8, 4) is 17.0 Å². The molecule has 0 bridgehead atoms. The van der Waals surface area contributed by atoms with E-state index < -0.39 is 0 Å². The zero-order valence-corrected chi connectivity index (χ0v) is 19.8. The van der Waals surface area contributed by atoms with Gasteiger partial charge in [0.15, 0.2) is 5.82 Å². The first-order valence-corrected chi connectivity index (χ1v) is 11.8. The number of nitrogens with zero attached hydrogens (tertiary/aromatic N) is 4. The molecule has 2 aromatic heterocycles. The maximum absolute atomic E-state index is 6.04. The van der Waals surface area contributed by atoms with E-state index >= 15 is 0 Å². The van der Waals surface area contributed by atoms with Crippen LogP contribution in [0.25, 0.3) is 11.3 Å². The Hall–Kier alpha value is -3.29. The predicted molar refractivity (Wildman–Crippen MR) is 132 cm³/mol. The van der Waals surface area contributed by atoms with Crippen molar-refractivity contribution in [2.75, 3.05) is 42.7 Å². The van der Waals surface area contributed by atoms with Gasteiger partial charge in [-0.15, -0.1) is 0 Å². The molecule has 0 saturated carbocycles. The summed E-state index contributed by atoms with van der Waals surface area (Å²) in [5.41, 5.74) is 8.66. The molecule has 8 nitrogen and oxygen atoms in total. The highest BCUT2D eigenvalue weighted by molar-refractivity contribution is 5.77. The quantitative estimate of drug-likeness (QED) is 0.441. The van der Waals surface area contributed by atoms with Gasteiger partial charge in [-0.05, 0) is 55.9 Å². The lowest BCUT2D eigenvalue weighted by molar-refractivity contribution is 0.276. The molecule has 0 amide bonds. The minimum absolute atomic E-state index is 0.286. The van der Waals surface area contributed by atoms with Crippen LogP contribution in [0.1, 0.15) is 51.3 Å².